The first-order valence-electron chi connectivity index (χ1n) is 4.45. The molecule has 0 N–H and O–H groups in total. The lowest BCUT2D eigenvalue weighted by molar-refractivity contribution is 0.0603. The molecule has 0 spiro atoms. The number of hydrogen-bond acceptors (Lipinski definition) is 3. The molecule has 1 aromatic carbocycles. The summed E-state index contributed by atoms with van der Waals surface area (Å²) in [4.78, 5) is 15.9. The van der Waals surface area contributed by atoms with Gasteiger partial charge in [-0.1, -0.05) is 0 Å². The number of hydrogen-bond donors (Lipinski definition) is 0. The van der Waals surface area contributed by atoms with Gasteiger partial charge in [0.1, 0.15) is 0 Å². The average molecular weight is 392 g/mol. The third-order valence-electron chi connectivity index (χ3n) is 2.17. The van der Waals surface area contributed by atoms with Gasteiger partial charge in [-0.05, 0) is 56.7 Å². The number of rotatable bonds is 1. The van der Waals surface area contributed by atoms with Gasteiger partial charge in [-0.15, -0.1) is 0 Å². The molecule has 0 radical (unpaired) electrons. The maximum atomic E-state index is 11.6. The lowest BCUT2D eigenvalue weighted by Crippen LogP contribution is -2.02. The second-order valence-electron chi connectivity index (χ2n) is 3.14. The van der Waals surface area contributed by atoms with E-state index in [4.69, 9.17) is 4.74 Å². The van der Waals surface area contributed by atoms with Crippen LogP contribution in [-0.4, -0.2) is 18.1 Å². The fourth-order valence-electron chi connectivity index (χ4n) is 1.45. The first-order chi connectivity index (χ1) is 7.63. The van der Waals surface area contributed by atoms with Crippen molar-refractivity contribution in [2.45, 2.75) is 0 Å². The lowest BCUT2D eigenvalue weighted by Gasteiger charge is -2.06. The van der Waals surface area contributed by atoms with E-state index in [-0.39, 0.29) is 5.97 Å². The highest BCUT2D eigenvalue weighted by Gasteiger charge is 2.12. The highest BCUT2D eigenvalue weighted by molar-refractivity contribution is 14.1. The van der Waals surface area contributed by atoms with Crippen molar-refractivity contribution in [3.8, 4) is 0 Å². The number of benzene rings is 1. The Hall–Kier alpha value is -0.690. The van der Waals surface area contributed by atoms with E-state index in [1.807, 2.05) is 6.07 Å². The van der Waals surface area contributed by atoms with Gasteiger partial charge in [0.15, 0.2) is 0 Å². The summed E-state index contributed by atoms with van der Waals surface area (Å²) in [5.41, 5.74) is 1.30. The molecule has 3 nitrogen and oxygen atoms in total. The molecule has 5 heteroatoms. The number of aromatic nitrogens is 1. The van der Waals surface area contributed by atoms with E-state index in [2.05, 4.69) is 43.5 Å². The Labute approximate surface area is 114 Å². The lowest BCUT2D eigenvalue weighted by atomic mass is 10.1. The molecule has 0 saturated carbocycles. The van der Waals surface area contributed by atoms with E-state index in [0.717, 1.165) is 18.9 Å². The van der Waals surface area contributed by atoms with Crippen molar-refractivity contribution in [2.24, 2.45) is 0 Å². The van der Waals surface area contributed by atoms with E-state index in [9.17, 15) is 4.79 Å². The van der Waals surface area contributed by atoms with Crippen molar-refractivity contribution in [3.63, 3.8) is 0 Å². The Bertz CT molecular complexity index is 571. The molecular weight excluding hydrogens is 385 g/mol. The largest absolute Gasteiger partial charge is 0.465 e. The van der Waals surface area contributed by atoms with E-state index >= 15 is 0 Å². The molecule has 0 aliphatic rings. The van der Waals surface area contributed by atoms with Crippen LogP contribution in [0.3, 0.4) is 0 Å². The molecule has 16 heavy (non-hydrogen) atoms. The number of methoxy groups -OCH3 is 1. The summed E-state index contributed by atoms with van der Waals surface area (Å²) < 4.78 is 6.59. The summed E-state index contributed by atoms with van der Waals surface area (Å²) in [6.07, 6.45) is 1.76. The van der Waals surface area contributed by atoms with Crippen molar-refractivity contribution in [1.82, 2.24) is 4.98 Å². The molecular formula is C11H7BrINO2. The van der Waals surface area contributed by atoms with Gasteiger partial charge in [-0.25, -0.2) is 4.79 Å². The quantitative estimate of drug-likeness (QED) is 0.552. The van der Waals surface area contributed by atoms with Crippen LogP contribution in [0.15, 0.2) is 28.9 Å². The highest BCUT2D eigenvalue weighted by atomic mass is 127. The standard InChI is InChI=1S/C11H7BrINO2/c1-16-11(15)7-2-3-9(12)10-8(7)4-6(13)5-14-10/h2-5H,1H3. The minimum absolute atomic E-state index is 0.346. The molecule has 82 valence electrons. The first kappa shape index (κ1) is 11.8. The van der Waals surface area contributed by atoms with Crippen LogP contribution in [0.5, 0.6) is 0 Å². The second-order valence-corrected chi connectivity index (χ2v) is 5.24. The molecule has 0 fully saturated rings. The average Bonchev–Trinajstić information content (AvgIpc) is 2.28. The van der Waals surface area contributed by atoms with Gasteiger partial charge in [-0.2, -0.15) is 0 Å². The Morgan fingerprint density at radius 3 is 2.94 bits per heavy atom. The minimum Gasteiger partial charge on any atom is -0.465 e. The van der Waals surface area contributed by atoms with Crippen LogP contribution in [0, 0.1) is 3.57 Å². The van der Waals surface area contributed by atoms with Gasteiger partial charge < -0.3 is 4.74 Å². The van der Waals surface area contributed by atoms with Crippen LogP contribution in [0.4, 0.5) is 0 Å². The summed E-state index contributed by atoms with van der Waals surface area (Å²) in [6, 6.07) is 5.45. The molecule has 1 heterocycles. The van der Waals surface area contributed by atoms with Crippen molar-refractivity contribution in [1.29, 1.82) is 0 Å². The first-order valence-corrected chi connectivity index (χ1v) is 6.32. The third-order valence-corrected chi connectivity index (χ3v) is 3.40. The topological polar surface area (TPSA) is 39.2 Å². The molecule has 0 aliphatic carbocycles. The molecule has 0 amide bonds. The number of halogens is 2. The monoisotopic (exact) mass is 391 g/mol. The molecule has 0 aliphatic heterocycles. The Balaban J connectivity index is 2.80. The molecule has 0 bridgehead atoms. The van der Waals surface area contributed by atoms with Gasteiger partial charge in [0.25, 0.3) is 0 Å². The summed E-state index contributed by atoms with van der Waals surface area (Å²) in [5.74, 6) is -0.346. The Morgan fingerprint density at radius 1 is 1.50 bits per heavy atom. The number of pyridine rings is 1. The fourth-order valence-corrected chi connectivity index (χ4v) is 2.35. The van der Waals surface area contributed by atoms with Crippen LogP contribution in [0.25, 0.3) is 10.9 Å². The number of fused-ring (bicyclic) bond motifs is 1. The SMILES string of the molecule is COC(=O)c1ccc(Br)c2ncc(I)cc12. The Morgan fingerprint density at radius 2 is 2.25 bits per heavy atom. The zero-order chi connectivity index (χ0) is 11.7. The van der Waals surface area contributed by atoms with Crippen molar-refractivity contribution in [3.05, 3.63) is 38.0 Å². The predicted octanol–water partition coefficient (Wildman–Crippen LogP) is 3.39. The van der Waals surface area contributed by atoms with Crippen molar-refractivity contribution < 1.29 is 9.53 Å². The zero-order valence-electron chi connectivity index (χ0n) is 8.33. The molecule has 0 saturated heterocycles. The van der Waals surface area contributed by atoms with E-state index in [0.29, 0.717) is 5.56 Å². The van der Waals surface area contributed by atoms with E-state index in [1.54, 1.807) is 18.3 Å². The molecule has 1 aromatic heterocycles. The van der Waals surface area contributed by atoms with Crippen LogP contribution in [0.2, 0.25) is 0 Å². The second kappa shape index (κ2) is 4.67. The minimum atomic E-state index is -0.346. The molecule has 0 atom stereocenters. The van der Waals surface area contributed by atoms with Crippen LogP contribution in [-0.2, 0) is 4.74 Å². The summed E-state index contributed by atoms with van der Waals surface area (Å²) in [5, 5.41) is 0.799. The summed E-state index contributed by atoms with van der Waals surface area (Å²) >= 11 is 5.57. The number of carbonyl (C=O) groups excluding carboxylic acids is 1. The van der Waals surface area contributed by atoms with Crippen LogP contribution >= 0.6 is 38.5 Å². The smallest absolute Gasteiger partial charge is 0.338 e. The van der Waals surface area contributed by atoms with E-state index < -0.39 is 0 Å². The fraction of sp³-hybridized carbons (Fsp3) is 0.0909. The Kier molecular flexibility index (Phi) is 3.44. The maximum absolute atomic E-state index is 11.6. The third kappa shape index (κ3) is 2.06. The van der Waals surface area contributed by atoms with E-state index in [1.165, 1.54) is 7.11 Å². The molecule has 2 aromatic rings. The maximum Gasteiger partial charge on any atom is 0.338 e. The number of nitrogens with zero attached hydrogens (tertiary/aromatic N) is 1. The van der Waals surface area contributed by atoms with Gasteiger partial charge in [-0.3, -0.25) is 4.98 Å². The normalized spacial score (nSPS) is 10.4. The predicted molar refractivity (Wildman–Crippen MR) is 73.5 cm³/mol. The van der Waals surface area contributed by atoms with Crippen molar-refractivity contribution in [2.75, 3.05) is 7.11 Å². The van der Waals surface area contributed by atoms with Gasteiger partial charge >= 0.3 is 5.97 Å². The van der Waals surface area contributed by atoms with Gasteiger partial charge in [0.05, 0.1) is 18.2 Å². The zero-order valence-corrected chi connectivity index (χ0v) is 12.1. The summed E-state index contributed by atoms with van der Waals surface area (Å²) in [6.45, 7) is 0. The van der Waals surface area contributed by atoms with Gasteiger partial charge in [0.2, 0.25) is 0 Å². The van der Waals surface area contributed by atoms with Crippen LogP contribution < -0.4 is 0 Å². The molecule has 2 rings (SSSR count). The van der Waals surface area contributed by atoms with Crippen LogP contribution in [0.1, 0.15) is 10.4 Å². The number of esters is 1. The van der Waals surface area contributed by atoms with Crippen molar-refractivity contribution >= 4 is 55.4 Å². The number of carbonyl (C=O) groups is 1. The highest BCUT2D eigenvalue weighted by Crippen LogP contribution is 2.26. The van der Waals surface area contributed by atoms with Gasteiger partial charge in [0, 0.05) is 19.6 Å². The number of ether oxygens (including phenoxy) is 1. The molecule has 0 unspecified atom stereocenters. The summed E-state index contributed by atoms with van der Waals surface area (Å²) in [7, 11) is 1.37.